The van der Waals surface area contributed by atoms with Crippen LogP contribution in [-0.4, -0.2) is 28.8 Å². The number of nitrogens with one attached hydrogen (secondary N) is 1. The van der Waals surface area contributed by atoms with Gasteiger partial charge in [0.2, 0.25) is 0 Å². The number of halogens is 2. The first-order chi connectivity index (χ1) is 9.61. The molecule has 0 spiro atoms. The summed E-state index contributed by atoms with van der Waals surface area (Å²) in [5.74, 6) is -4.30. The highest BCUT2D eigenvalue weighted by molar-refractivity contribution is 7.98. The number of alkyl halides is 2. The predicted octanol–water partition coefficient (Wildman–Crippen LogP) is 2.96. The number of thioether (sulfide) groups is 1. The van der Waals surface area contributed by atoms with E-state index in [0.29, 0.717) is 11.8 Å². The maximum atomic E-state index is 12.1. The number of carbonyl (C=O) groups excluding carboxylic acids is 1. The van der Waals surface area contributed by atoms with Gasteiger partial charge in [0.25, 0.3) is 11.7 Å². The van der Waals surface area contributed by atoms with Crippen molar-refractivity contribution in [3.8, 4) is 0 Å². The van der Waals surface area contributed by atoms with Crippen molar-refractivity contribution in [3.63, 3.8) is 0 Å². The van der Waals surface area contributed by atoms with E-state index in [2.05, 4.69) is 5.32 Å². The molecule has 21 heavy (non-hydrogen) atoms. The molecule has 2 N–H and O–H groups in total. The van der Waals surface area contributed by atoms with Crippen molar-refractivity contribution in [2.75, 3.05) is 0 Å². The molecule has 0 bridgehead atoms. The minimum atomic E-state index is -2.52. The third-order valence-electron chi connectivity index (χ3n) is 2.63. The van der Waals surface area contributed by atoms with Crippen molar-refractivity contribution in [1.29, 1.82) is 0 Å². The molecule has 8 heteroatoms. The predicted molar refractivity (Wildman–Crippen MR) is 74.4 cm³/mol. The Morgan fingerprint density at radius 2 is 2.00 bits per heavy atom. The van der Waals surface area contributed by atoms with E-state index < -0.39 is 29.1 Å². The molecule has 5 nitrogen and oxygen atoms in total. The molecule has 0 unspecified atom stereocenters. The molecule has 1 heterocycles. The van der Waals surface area contributed by atoms with Crippen molar-refractivity contribution < 1.29 is 27.9 Å². The summed E-state index contributed by atoms with van der Waals surface area (Å²) in [6.07, 6.45) is 0. The summed E-state index contributed by atoms with van der Waals surface area (Å²) in [7, 11) is 0. The summed E-state index contributed by atoms with van der Waals surface area (Å²) < 4.78 is 29.2. The number of carboxylic acid groups (broad SMARTS) is 1. The molecule has 1 aromatic heterocycles. The van der Waals surface area contributed by atoms with E-state index in [0.717, 1.165) is 0 Å². The Morgan fingerprint density at radius 3 is 2.48 bits per heavy atom. The molecule has 0 radical (unpaired) electrons. The highest BCUT2D eigenvalue weighted by Crippen LogP contribution is 2.22. The normalized spacial score (nSPS) is 13.2. The van der Waals surface area contributed by atoms with E-state index >= 15 is 0 Å². The van der Waals surface area contributed by atoms with Gasteiger partial charge >= 0.3 is 5.97 Å². The summed E-state index contributed by atoms with van der Waals surface area (Å²) >= 11 is 0.380. The SMILES string of the molecule is CC(C)(C)[C@H](NC(=O)c1ccc(CSC(F)F)o1)C(=O)O. The lowest BCUT2D eigenvalue weighted by molar-refractivity contribution is -0.142. The van der Waals surface area contributed by atoms with Gasteiger partial charge in [-0.05, 0) is 17.5 Å². The van der Waals surface area contributed by atoms with E-state index in [4.69, 9.17) is 9.52 Å². The minimum absolute atomic E-state index is 0.0629. The molecule has 1 atom stereocenters. The van der Waals surface area contributed by atoms with Crippen LogP contribution in [0.2, 0.25) is 0 Å². The monoisotopic (exact) mass is 321 g/mol. The zero-order chi connectivity index (χ0) is 16.2. The highest BCUT2D eigenvalue weighted by atomic mass is 32.2. The topological polar surface area (TPSA) is 79.5 Å². The van der Waals surface area contributed by atoms with Gasteiger partial charge < -0.3 is 14.8 Å². The molecule has 1 aromatic rings. The number of carbonyl (C=O) groups is 2. The molecule has 0 aliphatic heterocycles. The van der Waals surface area contributed by atoms with Crippen LogP contribution in [0, 0.1) is 5.41 Å². The van der Waals surface area contributed by atoms with Gasteiger partial charge in [-0.2, -0.15) is 8.78 Å². The minimum Gasteiger partial charge on any atom is -0.480 e. The fraction of sp³-hybridized carbons (Fsp3) is 0.538. The van der Waals surface area contributed by atoms with Gasteiger partial charge in [0.15, 0.2) is 5.76 Å². The van der Waals surface area contributed by atoms with Crippen LogP contribution in [0.1, 0.15) is 37.1 Å². The molecule has 1 rings (SSSR count). The molecule has 1 amide bonds. The second kappa shape index (κ2) is 6.93. The molecule has 118 valence electrons. The van der Waals surface area contributed by atoms with Gasteiger partial charge in [0, 0.05) is 0 Å². The fourth-order valence-corrected chi connectivity index (χ4v) is 2.02. The lowest BCUT2D eigenvalue weighted by Crippen LogP contribution is -2.49. The number of hydrogen-bond donors (Lipinski definition) is 2. The highest BCUT2D eigenvalue weighted by Gasteiger charge is 2.33. The van der Waals surface area contributed by atoms with Crippen molar-refractivity contribution in [2.45, 2.75) is 38.3 Å². The average molecular weight is 321 g/mol. The first-order valence-electron chi connectivity index (χ1n) is 6.13. The van der Waals surface area contributed by atoms with Crippen LogP contribution in [-0.2, 0) is 10.5 Å². The summed E-state index contributed by atoms with van der Waals surface area (Å²) in [6.45, 7) is 5.04. The van der Waals surface area contributed by atoms with Gasteiger partial charge in [0.1, 0.15) is 11.8 Å². The van der Waals surface area contributed by atoms with Crippen LogP contribution in [0.3, 0.4) is 0 Å². The smallest absolute Gasteiger partial charge is 0.326 e. The van der Waals surface area contributed by atoms with Crippen molar-refractivity contribution >= 4 is 23.6 Å². The largest absolute Gasteiger partial charge is 0.480 e. The van der Waals surface area contributed by atoms with Gasteiger partial charge in [-0.15, -0.1) is 0 Å². The van der Waals surface area contributed by atoms with E-state index in [-0.39, 0.29) is 17.3 Å². The number of hydrogen-bond acceptors (Lipinski definition) is 4. The van der Waals surface area contributed by atoms with Crippen LogP contribution < -0.4 is 5.32 Å². The van der Waals surface area contributed by atoms with Crippen molar-refractivity contribution in [2.24, 2.45) is 5.41 Å². The number of carboxylic acids is 1. The van der Waals surface area contributed by atoms with E-state index in [1.807, 2.05) is 0 Å². The Kier molecular flexibility index (Phi) is 5.77. The Bertz CT molecular complexity index is 511. The number of furan rings is 1. The van der Waals surface area contributed by atoms with Crippen LogP contribution in [0.25, 0.3) is 0 Å². The number of aliphatic carboxylic acids is 1. The Hall–Kier alpha value is -1.57. The van der Waals surface area contributed by atoms with Crippen molar-refractivity contribution in [1.82, 2.24) is 5.32 Å². The third kappa shape index (κ3) is 5.37. The van der Waals surface area contributed by atoms with Crippen LogP contribution in [0.4, 0.5) is 8.78 Å². The zero-order valence-electron chi connectivity index (χ0n) is 11.9. The first-order valence-corrected chi connectivity index (χ1v) is 7.18. The Balaban J connectivity index is 2.73. The summed E-state index contributed by atoms with van der Waals surface area (Å²) in [6, 6.07) is 1.66. The number of rotatable bonds is 6. The lowest BCUT2D eigenvalue weighted by atomic mass is 9.87. The molecule has 0 aliphatic carbocycles. The van der Waals surface area contributed by atoms with Gasteiger partial charge in [-0.3, -0.25) is 4.79 Å². The molecule has 0 aliphatic rings. The second-order valence-electron chi connectivity index (χ2n) is 5.45. The van der Waals surface area contributed by atoms with Crippen LogP contribution in [0.15, 0.2) is 16.5 Å². The molecular formula is C13H17F2NO4S. The summed E-state index contributed by atoms with van der Waals surface area (Å²) in [4.78, 5) is 23.1. The maximum absolute atomic E-state index is 12.1. The molecule has 0 fully saturated rings. The molecule has 0 saturated heterocycles. The molecule has 0 aromatic carbocycles. The van der Waals surface area contributed by atoms with E-state index in [1.165, 1.54) is 12.1 Å². The fourth-order valence-electron chi connectivity index (χ4n) is 1.57. The molecular weight excluding hydrogens is 304 g/mol. The van der Waals surface area contributed by atoms with E-state index in [1.54, 1.807) is 20.8 Å². The van der Waals surface area contributed by atoms with Crippen LogP contribution >= 0.6 is 11.8 Å². The molecule has 0 saturated carbocycles. The standard InChI is InChI=1S/C13H17F2NO4S/c1-13(2,3)9(11(18)19)16-10(17)8-5-4-7(20-8)6-21-12(14)15/h4-5,9,12H,6H2,1-3H3,(H,16,17)(H,18,19)/t9-/m1/s1. The third-order valence-corrected chi connectivity index (χ3v) is 3.33. The summed E-state index contributed by atoms with van der Waals surface area (Å²) in [5, 5.41) is 11.5. The lowest BCUT2D eigenvalue weighted by Gasteiger charge is -2.27. The Labute approximate surface area is 125 Å². The Morgan fingerprint density at radius 1 is 1.38 bits per heavy atom. The second-order valence-corrected chi connectivity index (χ2v) is 6.43. The van der Waals surface area contributed by atoms with E-state index in [9.17, 15) is 18.4 Å². The van der Waals surface area contributed by atoms with Crippen molar-refractivity contribution in [3.05, 3.63) is 23.7 Å². The van der Waals surface area contributed by atoms with Gasteiger partial charge in [-0.1, -0.05) is 32.5 Å². The number of amides is 1. The first kappa shape index (κ1) is 17.5. The van der Waals surface area contributed by atoms with Gasteiger partial charge in [-0.25, -0.2) is 4.79 Å². The van der Waals surface area contributed by atoms with Gasteiger partial charge in [0.05, 0.1) is 5.75 Å². The van der Waals surface area contributed by atoms with Crippen LogP contribution in [0.5, 0.6) is 0 Å². The average Bonchev–Trinajstić information content (AvgIpc) is 2.80. The quantitative estimate of drug-likeness (QED) is 0.842. The maximum Gasteiger partial charge on any atom is 0.326 e. The summed E-state index contributed by atoms with van der Waals surface area (Å²) in [5.41, 5.74) is -0.678. The zero-order valence-corrected chi connectivity index (χ0v) is 12.7.